The Balaban J connectivity index is 2.62. The van der Waals surface area contributed by atoms with Crippen LogP contribution in [0.5, 0.6) is 5.75 Å². The number of phenols is 1. The lowest BCUT2D eigenvalue weighted by Gasteiger charge is -2.03. The minimum Gasteiger partial charge on any atom is -0.507 e. The summed E-state index contributed by atoms with van der Waals surface area (Å²) >= 11 is 10.7. The third-order valence-corrected chi connectivity index (χ3v) is 2.17. The van der Waals surface area contributed by atoms with Gasteiger partial charge in [0.25, 0.3) is 0 Å². The molecular formula is C10H12ClN3OS. The molecule has 4 nitrogen and oxygen atoms in total. The Kier molecular flexibility index (Phi) is 5.01. The minimum atomic E-state index is 0.115. The van der Waals surface area contributed by atoms with Gasteiger partial charge < -0.3 is 10.4 Å². The summed E-state index contributed by atoms with van der Waals surface area (Å²) in [4.78, 5) is 0. The molecule has 0 fully saturated rings. The Morgan fingerprint density at radius 1 is 1.62 bits per heavy atom. The van der Waals surface area contributed by atoms with Gasteiger partial charge in [0.05, 0.1) is 6.21 Å². The predicted octanol–water partition coefficient (Wildman–Crippen LogP) is 1.86. The fourth-order valence-electron chi connectivity index (χ4n) is 0.989. The van der Waals surface area contributed by atoms with Crippen LogP contribution in [0.1, 0.15) is 12.5 Å². The van der Waals surface area contributed by atoms with E-state index in [1.54, 1.807) is 12.1 Å². The van der Waals surface area contributed by atoms with E-state index < -0.39 is 0 Å². The first kappa shape index (κ1) is 12.7. The van der Waals surface area contributed by atoms with Crippen LogP contribution in [0.25, 0.3) is 0 Å². The molecule has 6 heteroatoms. The van der Waals surface area contributed by atoms with E-state index in [0.29, 0.717) is 15.7 Å². The smallest absolute Gasteiger partial charge is 0.186 e. The maximum atomic E-state index is 9.48. The summed E-state index contributed by atoms with van der Waals surface area (Å²) in [6.07, 6.45) is 1.45. The van der Waals surface area contributed by atoms with E-state index in [2.05, 4.69) is 15.8 Å². The molecule has 0 amide bonds. The van der Waals surface area contributed by atoms with Crippen molar-refractivity contribution in [3.05, 3.63) is 28.8 Å². The molecule has 3 N–H and O–H groups in total. The van der Waals surface area contributed by atoms with Crippen molar-refractivity contribution in [3.8, 4) is 5.75 Å². The van der Waals surface area contributed by atoms with E-state index >= 15 is 0 Å². The summed E-state index contributed by atoms with van der Waals surface area (Å²) in [5.74, 6) is 0.115. The molecule has 16 heavy (non-hydrogen) atoms. The topological polar surface area (TPSA) is 56.7 Å². The second kappa shape index (κ2) is 6.30. The van der Waals surface area contributed by atoms with Crippen molar-refractivity contribution >= 4 is 35.1 Å². The van der Waals surface area contributed by atoms with E-state index in [9.17, 15) is 5.11 Å². The molecule has 1 aromatic rings. The number of rotatable bonds is 3. The van der Waals surface area contributed by atoms with Crippen LogP contribution < -0.4 is 10.7 Å². The monoisotopic (exact) mass is 257 g/mol. The van der Waals surface area contributed by atoms with Crippen molar-refractivity contribution in [1.82, 2.24) is 10.7 Å². The van der Waals surface area contributed by atoms with E-state index in [0.717, 1.165) is 6.54 Å². The highest BCUT2D eigenvalue weighted by Crippen LogP contribution is 2.19. The van der Waals surface area contributed by atoms with Crippen molar-refractivity contribution in [2.75, 3.05) is 6.54 Å². The molecule has 0 aliphatic carbocycles. The van der Waals surface area contributed by atoms with Gasteiger partial charge in [0.1, 0.15) is 5.75 Å². The molecule has 0 aliphatic heterocycles. The molecule has 0 saturated heterocycles. The molecule has 0 unspecified atom stereocenters. The highest BCUT2D eigenvalue weighted by atomic mass is 35.5. The third kappa shape index (κ3) is 4.04. The predicted molar refractivity (Wildman–Crippen MR) is 70.1 cm³/mol. The Hall–Kier alpha value is -1.33. The van der Waals surface area contributed by atoms with Gasteiger partial charge in [-0.1, -0.05) is 11.6 Å². The third-order valence-electron chi connectivity index (χ3n) is 1.70. The number of hydrazone groups is 1. The zero-order chi connectivity index (χ0) is 12.0. The van der Waals surface area contributed by atoms with Gasteiger partial charge in [-0.3, -0.25) is 5.43 Å². The molecule has 0 radical (unpaired) electrons. The maximum Gasteiger partial charge on any atom is 0.186 e. The summed E-state index contributed by atoms with van der Waals surface area (Å²) in [6, 6.07) is 4.72. The fourth-order valence-corrected chi connectivity index (χ4v) is 1.37. The van der Waals surface area contributed by atoms with Crippen LogP contribution in [-0.2, 0) is 0 Å². The Labute approximate surface area is 104 Å². The number of hydrogen-bond donors (Lipinski definition) is 3. The van der Waals surface area contributed by atoms with Gasteiger partial charge in [-0.2, -0.15) is 5.10 Å². The van der Waals surface area contributed by atoms with Crippen molar-refractivity contribution < 1.29 is 5.11 Å². The molecule has 0 aliphatic rings. The molecular weight excluding hydrogens is 246 g/mol. The number of phenolic OH excluding ortho intramolecular Hbond substituents is 1. The van der Waals surface area contributed by atoms with Crippen molar-refractivity contribution in [1.29, 1.82) is 0 Å². The highest BCUT2D eigenvalue weighted by Gasteiger charge is 1.98. The van der Waals surface area contributed by atoms with Crippen molar-refractivity contribution in [3.63, 3.8) is 0 Å². The van der Waals surface area contributed by atoms with Gasteiger partial charge in [-0.05, 0) is 37.3 Å². The van der Waals surface area contributed by atoms with Crippen LogP contribution in [0.3, 0.4) is 0 Å². The lowest BCUT2D eigenvalue weighted by molar-refractivity contribution is 0.474. The summed E-state index contributed by atoms with van der Waals surface area (Å²) in [7, 11) is 0. The quantitative estimate of drug-likeness (QED) is 0.440. The van der Waals surface area contributed by atoms with E-state index in [1.165, 1.54) is 12.3 Å². The summed E-state index contributed by atoms with van der Waals surface area (Å²) in [5.41, 5.74) is 3.14. The normalized spacial score (nSPS) is 10.4. The molecule has 0 saturated carbocycles. The number of hydrogen-bond acceptors (Lipinski definition) is 3. The average Bonchev–Trinajstić information content (AvgIpc) is 2.23. The summed E-state index contributed by atoms with van der Waals surface area (Å²) in [5, 5.41) is 17.2. The van der Waals surface area contributed by atoms with Gasteiger partial charge in [0, 0.05) is 17.1 Å². The largest absolute Gasteiger partial charge is 0.507 e. The van der Waals surface area contributed by atoms with Crippen LogP contribution in [0.4, 0.5) is 0 Å². The zero-order valence-corrected chi connectivity index (χ0v) is 10.3. The number of nitrogens with zero attached hydrogens (tertiary/aromatic N) is 1. The maximum absolute atomic E-state index is 9.48. The van der Waals surface area contributed by atoms with Gasteiger partial charge in [0.15, 0.2) is 5.11 Å². The van der Waals surface area contributed by atoms with Crippen LogP contribution in [-0.4, -0.2) is 23.0 Å². The van der Waals surface area contributed by atoms with Gasteiger partial charge in [-0.15, -0.1) is 0 Å². The fraction of sp³-hybridized carbons (Fsp3) is 0.200. The number of aromatic hydroxyl groups is 1. The summed E-state index contributed by atoms with van der Waals surface area (Å²) in [6.45, 7) is 2.66. The van der Waals surface area contributed by atoms with Gasteiger partial charge in [-0.25, -0.2) is 0 Å². The minimum absolute atomic E-state index is 0.115. The Morgan fingerprint density at radius 3 is 3.06 bits per heavy atom. The van der Waals surface area contributed by atoms with Crippen LogP contribution in [0, 0.1) is 0 Å². The molecule has 0 bridgehead atoms. The van der Waals surface area contributed by atoms with Crippen LogP contribution in [0.15, 0.2) is 23.3 Å². The Morgan fingerprint density at radius 2 is 2.38 bits per heavy atom. The Bertz CT molecular complexity index is 409. The number of halogens is 1. The standard InChI is InChI=1S/C10H12ClN3OS/c1-2-12-10(16)14-13-6-7-5-8(11)3-4-9(7)15/h3-6,15H,2H2,1H3,(H2,12,14,16)/b13-6+. The second-order valence-corrected chi connectivity index (χ2v) is 3.78. The molecule has 1 rings (SSSR count). The molecule has 0 heterocycles. The highest BCUT2D eigenvalue weighted by molar-refractivity contribution is 7.80. The second-order valence-electron chi connectivity index (χ2n) is 2.93. The van der Waals surface area contributed by atoms with Crippen molar-refractivity contribution in [2.24, 2.45) is 5.10 Å². The number of nitrogens with one attached hydrogen (secondary N) is 2. The first-order valence-corrected chi connectivity index (χ1v) is 5.47. The molecule has 0 aromatic heterocycles. The SMILES string of the molecule is CCNC(=S)N/N=C/c1cc(Cl)ccc1O. The van der Waals surface area contributed by atoms with Gasteiger partial charge in [0.2, 0.25) is 0 Å². The van der Waals surface area contributed by atoms with E-state index in [4.69, 9.17) is 23.8 Å². The summed E-state index contributed by atoms with van der Waals surface area (Å²) < 4.78 is 0. The molecule has 0 spiro atoms. The average molecular weight is 258 g/mol. The van der Waals surface area contributed by atoms with Crippen LogP contribution in [0.2, 0.25) is 5.02 Å². The molecule has 1 aromatic carbocycles. The van der Waals surface area contributed by atoms with Crippen LogP contribution >= 0.6 is 23.8 Å². The lowest BCUT2D eigenvalue weighted by atomic mass is 10.2. The molecule has 86 valence electrons. The number of benzene rings is 1. The zero-order valence-electron chi connectivity index (χ0n) is 8.70. The number of thiocarbonyl (C=S) groups is 1. The lowest BCUT2D eigenvalue weighted by Crippen LogP contribution is -2.31. The first-order chi connectivity index (χ1) is 7.63. The first-order valence-electron chi connectivity index (χ1n) is 4.69. The van der Waals surface area contributed by atoms with E-state index in [-0.39, 0.29) is 5.75 Å². The van der Waals surface area contributed by atoms with Gasteiger partial charge >= 0.3 is 0 Å². The van der Waals surface area contributed by atoms with Crippen molar-refractivity contribution in [2.45, 2.75) is 6.92 Å². The molecule has 0 atom stereocenters. The van der Waals surface area contributed by atoms with E-state index in [1.807, 2.05) is 6.92 Å².